The van der Waals surface area contributed by atoms with Gasteiger partial charge in [-0.2, -0.15) is 0 Å². The minimum Gasteiger partial charge on any atom is -0.399 e. The molecule has 0 aliphatic carbocycles. The number of benzene rings is 1. The summed E-state index contributed by atoms with van der Waals surface area (Å²) in [6.45, 7) is 6.13. The first kappa shape index (κ1) is 17.0. The Kier molecular flexibility index (Phi) is 6.72. The highest BCUT2D eigenvalue weighted by atomic mass is 16.2. The Hall–Kier alpha value is -2.04. The molecule has 5 heteroatoms. The van der Waals surface area contributed by atoms with Gasteiger partial charge in [-0.1, -0.05) is 19.1 Å². The van der Waals surface area contributed by atoms with Crippen molar-refractivity contribution in [2.75, 3.05) is 12.3 Å². The molecule has 0 aromatic heterocycles. The van der Waals surface area contributed by atoms with Gasteiger partial charge in [-0.25, -0.2) is 0 Å². The molecule has 2 amide bonds. The van der Waals surface area contributed by atoms with Crippen LogP contribution in [-0.2, 0) is 9.59 Å². The van der Waals surface area contributed by atoms with Crippen LogP contribution in [0.25, 0.3) is 0 Å². The first-order valence-corrected chi connectivity index (χ1v) is 7.36. The smallest absolute Gasteiger partial charge is 0.227 e. The van der Waals surface area contributed by atoms with Crippen molar-refractivity contribution in [1.82, 2.24) is 10.6 Å². The second-order valence-electron chi connectivity index (χ2n) is 5.31. The summed E-state index contributed by atoms with van der Waals surface area (Å²) in [5.74, 6) is -0.427. The van der Waals surface area contributed by atoms with Gasteiger partial charge in [0.05, 0.1) is 5.92 Å². The zero-order chi connectivity index (χ0) is 15.8. The highest BCUT2D eigenvalue weighted by Gasteiger charge is 2.15. The van der Waals surface area contributed by atoms with Gasteiger partial charge in [0.1, 0.15) is 0 Å². The topological polar surface area (TPSA) is 84.2 Å². The van der Waals surface area contributed by atoms with E-state index in [0.717, 1.165) is 12.0 Å². The van der Waals surface area contributed by atoms with E-state index in [1.807, 2.05) is 32.9 Å². The van der Waals surface area contributed by atoms with Crippen molar-refractivity contribution in [2.45, 2.75) is 45.6 Å². The van der Waals surface area contributed by atoms with Crippen LogP contribution < -0.4 is 16.4 Å². The predicted octanol–water partition coefficient (Wildman–Crippen LogP) is 1.79. The summed E-state index contributed by atoms with van der Waals surface area (Å²) >= 11 is 0. The Morgan fingerprint density at radius 3 is 2.62 bits per heavy atom. The van der Waals surface area contributed by atoms with Crippen LogP contribution in [0.4, 0.5) is 5.69 Å². The fourth-order valence-corrected chi connectivity index (χ4v) is 1.88. The van der Waals surface area contributed by atoms with Crippen molar-refractivity contribution in [2.24, 2.45) is 0 Å². The Bertz CT molecular complexity index is 488. The highest BCUT2D eigenvalue weighted by molar-refractivity contribution is 5.84. The number of hydrogen-bond donors (Lipinski definition) is 3. The number of anilines is 1. The maximum atomic E-state index is 12.0. The quantitative estimate of drug-likeness (QED) is 0.670. The molecular weight excluding hydrogens is 266 g/mol. The third kappa shape index (κ3) is 5.85. The van der Waals surface area contributed by atoms with Gasteiger partial charge in [-0.05, 0) is 38.0 Å². The van der Waals surface area contributed by atoms with E-state index in [1.54, 1.807) is 12.1 Å². The standard InChI is InChI=1S/C16H25N3O2/c1-4-11(2)19-15(20)8-9-18-16(21)12(3)13-6-5-7-14(17)10-13/h5-7,10-12H,4,8-9,17H2,1-3H3,(H,18,21)(H,19,20). The second-order valence-corrected chi connectivity index (χ2v) is 5.31. The molecule has 0 aliphatic heterocycles. The summed E-state index contributed by atoms with van der Waals surface area (Å²) in [5.41, 5.74) is 7.22. The molecule has 4 N–H and O–H groups in total. The van der Waals surface area contributed by atoms with Crippen LogP contribution in [0.2, 0.25) is 0 Å². The molecule has 0 fully saturated rings. The molecule has 0 saturated heterocycles. The normalized spacial score (nSPS) is 13.3. The molecular formula is C16H25N3O2. The lowest BCUT2D eigenvalue weighted by Crippen LogP contribution is -2.36. The molecule has 116 valence electrons. The summed E-state index contributed by atoms with van der Waals surface area (Å²) in [7, 11) is 0. The van der Waals surface area contributed by atoms with Gasteiger partial charge < -0.3 is 16.4 Å². The van der Waals surface area contributed by atoms with Gasteiger partial charge in [0.15, 0.2) is 0 Å². The molecule has 2 unspecified atom stereocenters. The Morgan fingerprint density at radius 1 is 1.29 bits per heavy atom. The number of nitrogens with two attached hydrogens (primary N) is 1. The van der Waals surface area contributed by atoms with Gasteiger partial charge in [0.25, 0.3) is 0 Å². The lowest BCUT2D eigenvalue weighted by atomic mass is 10.00. The van der Waals surface area contributed by atoms with Crippen LogP contribution in [-0.4, -0.2) is 24.4 Å². The van der Waals surface area contributed by atoms with Crippen LogP contribution in [0.5, 0.6) is 0 Å². The minimum absolute atomic E-state index is 0.0405. The van der Waals surface area contributed by atoms with E-state index in [1.165, 1.54) is 0 Å². The zero-order valence-electron chi connectivity index (χ0n) is 13.0. The number of hydrogen-bond acceptors (Lipinski definition) is 3. The first-order chi connectivity index (χ1) is 9.93. The first-order valence-electron chi connectivity index (χ1n) is 7.36. The number of rotatable bonds is 7. The maximum absolute atomic E-state index is 12.0. The summed E-state index contributed by atoms with van der Waals surface area (Å²) < 4.78 is 0. The predicted molar refractivity (Wildman–Crippen MR) is 84.8 cm³/mol. The van der Waals surface area contributed by atoms with Gasteiger partial charge >= 0.3 is 0 Å². The largest absolute Gasteiger partial charge is 0.399 e. The molecule has 21 heavy (non-hydrogen) atoms. The molecule has 1 rings (SSSR count). The van der Waals surface area contributed by atoms with Crippen molar-refractivity contribution < 1.29 is 9.59 Å². The van der Waals surface area contributed by atoms with Crippen molar-refractivity contribution in [3.8, 4) is 0 Å². The molecule has 0 bridgehead atoms. The Labute approximate surface area is 126 Å². The number of carbonyl (C=O) groups excluding carboxylic acids is 2. The zero-order valence-corrected chi connectivity index (χ0v) is 13.0. The third-order valence-corrected chi connectivity index (χ3v) is 3.48. The van der Waals surface area contributed by atoms with Crippen molar-refractivity contribution in [3.63, 3.8) is 0 Å². The highest BCUT2D eigenvalue weighted by Crippen LogP contribution is 2.17. The molecule has 0 aliphatic rings. The van der Waals surface area contributed by atoms with Crippen molar-refractivity contribution in [1.29, 1.82) is 0 Å². The Morgan fingerprint density at radius 2 is 2.00 bits per heavy atom. The van der Waals surface area contributed by atoms with E-state index in [2.05, 4.69) is 10.6 Å². The van der Waals surface area contributed by atoms with Crippen LogP contribution >= 0.6 is 0 Å². The number of nitrogens with one attached hydrogen (secondary N) is 2. The van der Waals surface area contributed by atoms with Crippen LogP contribution in [0.1, 0.15) is 45.1 Å². The maximum Gasteiger partial charge on any atom is 0.227 e. The summed E-state index contributed by atoms with van der Waals surface area (Å²) in [6.07, 6.45) is 1.18. The van der Waals surface area contributed by atoms with Crippen molar-refractivity contribution >= 4 is 17.5 Å². The SMILES string of the molecule is CCC(C)NC(=O)CCNC(=O)C(C)c1cccc(N)c1. The van der Waals surface area contributed by atoms with Crippen LogP contribution in [0.15, 0.2) is 24.3 Å². The monoisotopic (exact) mass is 291 g/mol. The number of nitrogen functional groups attached to an aromatic ring is 1. The lowest BCUT2D eigenvalue weighted by Gasteiger charge is -2.14. The molecule has 1 aromatic carbocycles. The summed E-state index contributed by atoms with van der Waals surface area (Å²) in [4.78, 5) is 23.6. The van der Waals surface area contributed by atoms with E-state index >= 15 is 0 Å². The number of amides is 2. The van der Waals surface area contributed by atoms with E-state index in [0.29, 0.717) is 18.7 Å². The van der Waals surface area contributed by atoms with Gasteiger partial charge in [0, 0.05) is 24.7 Å². The van der Waals surface area contributed by atoms with Crippen LogP contribution in [0.3, 0.4) is 0 Å². The van der Waals surface area contributed by atoms with E-state index in [4.69, 9.17) is 5.73 Å². The van der Waals surface area contributed by atoms with Crippen LogP contribution in [0, 0.1) is 0 Å². The molecule has 2 atom stereocenters. The van der Waals surface area contributed by atoms with Gasteiger partial charge in [-0.15, -0.1) is 0 Å². The molecule has 0 radical (unpaired) electrons. The van der Waals surface area contributed by atoms with Crippen molar-refractivity contribution in [3.05, 3.63) is 29.8 Å². The van der Waals surface area contributed by atoms with Gasteiger partial charge in [-0.3, -0.25) is 9.59 Å². The van der Waals surface area contributed by atoms with E-state index in [-0.39, 0.29) is 23.8 Å². The lowest BCUT2D eigenvalue weighted by molar-refractivity contribution is -0.123. The molecule has 0 heterocycles. The fraction of sp³-hybridized carbons (Fsp3) is 0.500. The fourth-order valence-electron chi connectivity index (χ4n) is 1.88. The molecule has 0 saturated carbocycles. The Balaban J connectivity index is 2.38. The average molecular weight is 291 g/mol. The summed E-state index contributed by atoms with van der Waals surface area (Å²) in [6, 6.07) is 7.44. The van der Waals surface area contributed by atoms with E-state index in [9.17, 15) is 9.59 Å². The molecule has 5 nitrogen and oxygen atoms in total. The molecule has 1 aromatic rings. The number of carbonyl (C=O) groups is 2. The third-order valence-electron chi connectivity index (χ3n) is 3.48. The van der Waals surface area contributed by atoms with E-state index < -0.39 is 0 Å². The van der Waals surface area contributed by atoms with Gasteiger partial charge in [0.2, 0.25) is 11.8 Å². The molecule has 0 spiro atoms. The summed E-state index contributed by atoms with van der Waals surface area (Å²) in [5, 5.41) is 5.65. The minimum atomic E-state index is -0.286. The average Bonchev–Trinajstić information content (AvgIpc) is 2.46. The second kappa shape index (κ2) is 8.29.